The molecule has 1 rings (SSSR count). The third-order valence-electron chi connectivity index (χ3n) is 4.01. The quantitative estimate of drug-likeness (QED) is 0.356. The molecule has 0 aliphatic heterocycles. The molecule has 0 aliphatic rings. The van der Waals surface area contributed by atoms with Crippen molar-refractivity contribution in [3.63, 3.8) is 0 Å². The lowest BCUT2D eigenvalue weighted by Crippen LogP contribution is -2.40. The first-order valence-corrected chi connectivity index (χ1v) is 9.43. The molecule has 1 aromatic rings. The number of benzene rings is 1. The molecule has 28 heavy (non-hydrogen) atoms. The molecule has 152 valence electrons. The number of carbonyl (C=O) groups excluding carboxylic acids is 2. The van der Waals surface area contributed by atoms with Gasteiger partial charge in [0, 0.05) is 19.4 Å². The SMILES string of the molecule is C#CCCC[C@H](NC(=O)CCCCCNC(=O)OCc1ccccc1)C(=O)O. The fraction of sp³-hybridized carbons (Fsp3) is 0.476. The van der Waals surface area contributed by atoms with Gasteiger partial charge in [-0.15, -0.1) is 12.3 Å². The van der Waals surface area contributed by atoms with Crippen molar-refractivity contribution >= 4 is 18.0 Å². The molecular formula is C21H28N2O5. The molecule has 7 nitrogen and oxygen atoms in total. The normalized spacial score (nSPS) is 11.1. The van der Waals surface area contributed by atoms with Crippen molar-refractivity contribution in [2.75, 3.05) is 6.54 Å². The zero-order valence-electron chi connectivity index (χ0n) is 16.0. The number of ether oxygens (including phenoxy) is 1. The van der Waals surface area contributed by atoms with Crippen molar-refractivity contribution in [2.45, 2.75) is 57.6 Å². The summed E-state index contributed by atoms with van der Waals surface area (Å²) >= 11 is 0. The summed E-state index contributed by atoms with van der Waals surface area (Å²) in [5, 5.41) is 14.3. The predicted octanol–water partition coefficient (Wildman–Crippen LogP) is 2.85. The zero-order chi connectivity index (χ0) is 20.6. The predicted molar refractivity (Wildman–Crippen MR) is 105 cm³/mol. The van der Waals surface area contributed by atoms with E-state index in [1.165, 1.54) is 0 Å². The number of hydrogen-bond acceptors (Lipinski definition) is 4. The zero-order valence-corrected chi connectivity index (χ0v) is 16.0. The molecule has 0 spiro atoms. The Balaban J connectivity index is 2.07. The van der Waals surface area contributed by atoms with Crippen molar-refractivity contribution in [2.24, 2.45) is 0 Å². The second kappa shape index (κ2) is 14.1. The van der Waals surface area contributed by atoms with Gasteiger partial charge < -0.3 is 20.5 Å². The third kappa shape index (κ3) is 10.9. The number of terminal acetylenes is 1. The number of nitrogens with one attached hydrogen (secondary N) is 2. The molecule has 0 bridgehead atoms. The van der Waals surface area contributed by atoms with E-state index in [9.17, 15) is 14.4 Å². The molecule has 0 saturated heterocycles. The van der Waals surface area contributed by atoms with Crippen LogP contribution in [0.3, 0.4) is 0 Å². The highest BCUT2D eigenvalue weighted by atomic mass is 16.5. The fourth-order valence-electron chi connectivity index (χ4n) is 2.48. The summed E-state index contributed by atoms with van der Waals surface area (Å²) in [5.41, 5.74) is 0.919. The smallest absolute Gasteiger partial charge is 0.407 e. The van der Waals surface area contributed by atoms with Crippen LogP contribution in [-0.4, -0.2) is 35.7 Å². The molecule has 0 radical (unpaired) electrons. The second-order valence-corrected chi connectivity index (χ2v) is 6.35. The van der Waals surface area contributed by atoms with Gasteiger partial charge in [0.15, 0.2) is 0 Å². The van der Waals surface area contributed by atoms with Crippen LogP contribution >= 0.6 is 0 Å². The van der Waals surface area contributed by atoms with Crippen LogP contribution in [0.15, 0.2) is 30.3 Å². The highest BCUT2D eigenvalue weighted by molar-refractivity contribution is 5.83. The third-order valence-corrected chi connectivity index (χ3v) is 4.01. The highest BCUT2D eigenvalue weighted by Crippen LogP contribution is 2.04. The molecule has 0 unspecified atom stereocenters. The Hall–Kier alpha value is -3.01. The first-order valence-electron chi connectivity index (χ1n) is 9.43. The topological polar surface area (TPSA) is 105 Å². The minimum Gasteiger partial charge on any atom is -0.480 e. The van der Waals surface area contributed by atoms with Crippen LogP contribution in [0, 0.1) is 12.3 Å². The Labute approximate surface area is 165 Å². The van der Waals surface area contributed by atoms with E-state index in [1.807, 2.05) is 30.3 Å². The van der Waals surface area contributed by atoms with E-state index in [4.69, 9.17) is 16.3 Å². The number of carboxylic acids is 1. The van der Waals surface area contributed by atoms with E-state index in [1.54, 1.807) is 0 Å². The van der Waals surface area contributed by atoms with E-state index in [0.29, 0.717) is 38.6 Å². The number of carbonyl (C=O) groups is 3. The maximum atomic E-state index is 11.8. The van der Waals surface area contributed by atoms with Crippen molar-refractivity contribution in [3.05, 3.63) is 35.9 Å². The average Bonchev–Trinajstić information content (AvgIpc) is 2.69. The Kier molecular flexibility index (Phi) is 11.6. The monoisotopic (exact) mass is 388 g/mol. The van der Waals surface area contributed by atoms with E-state index in [0.717, 1.165) is 12.0 Å². The summed E-state index contributed by atoms with van der Waals surface area (Å²) in [7, 11) is 0. The van der Waals surface area contributed by atoms with Gasteiger partial charge in [-0.1, -0.05) is 36.8 Å². The van der Waals surface area contributed by atoms with Gasteiger partial charge in [-0.2, -0.15) is 0 Å². The van der Waals surface area contributed by atoms with Gasteiger partial charge in [0.25, 0.3) is 0 Å². The molecular weight excluding hydrogens is 360 g/mol. The average molecular weight is 388 g/mol. The number of unbranched alkanes of at least 4 members (excludes halogenated alkanes) is 3. The summed E-state index contributed by atoms with van der Waals surface area (Å²) in [5.74, 6) is 1.11. The van der Waals surface area contributed by atoms with Crippen LogP contribution in [0.5, 0.6) is 0 Å². The van der Waals surface area contributed by atoms with Crippen molar-refractivity contribution in [1.29, 1.82) is 0 Å². The fourth-order valence-corrected chi connectivity index (χ4v) is 2.48. The molecule has 1 aromatic carbocycles. The van der Waals surface area contributed by atoms with Crippen LogP contribution in [0.1, 0.15) is 50.5 Å². The summed E-state index contributed by atoms with van der Waals surface area (Å²) in [6, 6.07) is 8.50. The minimum atomic E-state index is -1.05. The Morgan fingerprint density at radius 2 is 1.86 bits per heavy atom. The van der Waals surface area contributed by atoms with Crippen LogP contribution in [0.4, 0.5) is 4.79 Å². The first-order chi connectivity index (χ1) is 13.5. The van der Waals surface area contributed by atoms with Gasteiger partial charge in [0.1, 0.15) is 12.6 Å². The van der Waals surface area contributed by atoms with E-state index in [2.05, 4.69) is 16.6 Å². The molecule has 2 amide bonds. The summed E-state index contributed by atoms with van der Waals surface area (Å²) in [6.45, 7) is 0.679. The van der Waals surface area contributed by atoms with Crippen molar-refractivity contribution < 1.29 is 24.2 Å². The summed E-state index contributed by atoms with van der Waals surface area (Å²) < 4.78 is 5.10. The van der Waals surface area contributed by atoms with Crippen LogP contribution < -0.4 is 10.6 Å². The standard InChI is InChI=1S/C21H28N2O5/c1-2-3-6-13-18(20(25)26)23-19(24)14-9-5-10-15-22-21(27)28-16-17-11-7-4-8-12-17/h1,4,7-8,11-12,18H,3,5-6,9-10,13-16H2,(H,22,27)(H,23,24)(H,25,26)/t18-/m0/s1. The maximum Gasteiger partial charge on any atom is 0.407 e. The number of alkyl carbamates (subject to hydrolysis) is 1. The molecule has 0 fully saturated rings. The molecule has 7 heteroatoms. The van der Waals surface area contributed by atoms with Crippen molar-refractivity contribution in [1.82, 2.24) is 10.6 Å². The molecule has 3 N–H and O–H groups in total. The lowest BCUT2D eigenvalue weighted by atomic mass is 10.1. The van der Waals surface area contributed by atoms with Gasteiger partial charge >= 0.3 is 12.1 Å². The molecule has 0 saturated carbocycles. The second-order valence-electron chi connectivity index (χ2n) is 6.35. The number of hydrogen-bond donors (Lipinski definition) is 3. The number of rotatable bonds is 13. The van der Waals surface area contributed by atoms with Crippen molar-refractivity contribution in [3.8, 4) is 12.3 Å². The molecule has 0 aliphatic carbocycles. The van der Waals surface area contributed by atoms with Gasteiger partial charge in [0.2, 0.25) is 5.91 Å². The summed E-state index contributed by atoms with van der Waals surface area (Å²) in [4.78, 5) is 34.6. The number of amides is 2. The molecule has 0 aromatic heterocycles. The van der Waals surface area contributed by atoms with E-state index >= 15 is 0 Å². The van der Waals surface area contributed by atoms with Gasteiger partial charge in [-0.05, 0) is 31.2 Å². The van der Waals surface area contributed by atoms with Gasteiger partial charge in [-0.3, -0.25) is 4.79 Å². The Morgan fingerprint density at radius 3 is 2.54 bits per heavy atom. The Bertz CT molecular complexity index is 655. The van der Waals surface area contributed by atoms with Gasteiger partial charge in [-0.25, -0.2) is 9.59 Å². The first kappa shape index (κ1) is 23.0. The minimum absolute atomic E-state index is 0.221. The molecule has 1 atom stereocenters. The van der Waals surface area contributed by atoms with Gasteiger partial charge in [0.05, 0.1) is 0 Å². The summed E-state index contributed by atoms with van der Waals surface area (Å²) in [6.07, 6.45) is 8.33. The maximum absolute atomic E-state index is 11.8. The van der Waals surface area contributed by atoms with Crippen LogP contribution in [0.2, 0.25) is 0 Å². The lowest BCUT2D eigenvalue weighted by Gasteiger charge is -2.13. The molecule has 0 heterocycles. The lowest BCUT2D eigenvalue weighted by molar-refractivity contribution is -0.142. The van der Waals surface area contributed by atoms with Crippen LogP contribution in [0.25, 0.3) is 0 Å². The van der Waals surface area contributed by atoms with E-state index in [-0.39, 0.29) is 18.9 Å². The number of aliphatic carboxylic acids is 1. The van der Waals surface area contributed by atoms with Crippen LogP contribution in [-0.2, 0) is 20.9 Å². The highest BCUT2D eigenvalue weighted by Gasteiger charge is 2.18. The Morgan fingerprint density at radius 1 is 1.11 bits per heavy atom. The largest absolute Gasteiger partial charge is 0.480 e. The number of carboxylic acid groups (broad SMARTS) is 1. The van der Waals surface area contributed by atoms with E-state index < -0.39 is 18.1 Å².